The molecule has 0 spiro atoms. The molecule has 2 N–H and O–H groups in total. The van der Waals surface area contributed by atoms with Gasteiger partial charge in [0.1, 0.15) is 0 Å². The molecule has 164 valence electrons. The monoisotopic (exact) mass is 415 g/mol. The zero-order valence-electron chi connectivity index (χ0n) is 17.6. The Bertz CT molecular complexity index is 704. The molecule has 2 saturated heterocycles. The van der Waals surface area contributed by atoms with E-state index in [1.54, 1.807) is 0 Å². The molecule has 3 amide bonds. The van der Waals surface area contributed by atoms with Gasteiger partial charge in [-0.2, -0.15) is 0 Å². The molecule has 0 saturated carbocycles. The second kappa shape index (κ2) is 11.7. The molecule has 0 aliphatic carbocycles. The third-order valence-electron chi connectivity index (χ3n) is 5.97. The first-order valence-corrected chi connectivity index (χ1v) is 11.1. The summed E-state index contributed by atoms with van der Waals surface area (Å²) in [7, 11) is 0. The highest BCUT2D eigenvalue weighted by Gasteiger charge is 2.27. The number of carbonyl (C=O) groups is 3. The molecule has 0 aromatic heterocycles. The van der Waals surface area contributed by atoms with Gasteiger partial charge in [-0.3, -0.25) is 14.4 Å². The van der Waals surface area contributed by atoms with Crippen molar-refractivity contribution in [2.75, 3.05) is 32.8 Å². The predicted molar refractivity (Wildman–Crippen MR) is 113 cm³/mol. The number of ether oxygens (including phenoxy) is 1. The summed E-state index contributed by atoms with van der Waals surface area (Å²) in [5.41, 5.74) is 1.06. The highest BCUT2D eigenvalue weighted by atomic mass is 16.5. The second-order valence-corrected chi connectivity index (χ2v) is 8.14. The van der Waals surface area contributed by atoms with E-state index in [9.17, 15) is 14.4 Å². The van der Waals surface area contributed by atoms with Crippen LogP contribution in [0.4, 0.5) is 0 Å². The first-order valence-electron chi connectivity index (χ1n) is 11.1. The van der Waals surface area contributed by atoms with Gasteiger partial charge in [-0.25, -0.2) is 0 Å². The summed E-state index contributed by atoms with van der Waals surface area (Å²) in [6.45, 7) is 3.24. The Morgan fingerprint density at radius 2 is 1.80 bits per heavy atom. The van der Waals surface area contributed by atoms with Gasteiger partial charge >= 0.3 is 0 Å². The lowest BCUT2D eigenvalue weighted by atomic mass is 9.96. The van der Waals surface area contributed by atoms with Crippen LogP contribution in [0.2, 0.25) is 0 Å². The van der Waals surface area contributed by atoms with E-state index >= 15 is 0 Å². The van der Waals surface area contributed by atoms with Crippen LogP contribution >= 0.6 is 0 Å². The van der Waals surface area contributed by atoms with Crippen molar-refractivity contribution in [3.05, 3.63) is 35.9 Å². The van der Waals surface area contributed by atoms with Gasteiger partial charge in [0.25, 0.3) is 0 Å². The van der Waals surface area contributed by atoms with Crippen molar-refractivity contribution in [2.45, 2.75) is 45.1 Å². The van der Waals surface area contributed by atoms with Gasteiger partial charge < -0.3 is 20.3 Å². The van der Waals surface area contributed by atoms with Gasteiger partial charge in [-0.1, -0.05) is 30.3 Å². The number of hydrogen-bond acceptors (Lipinski definition) is 4. The Morgan fingerprint density at radius 1 is 1.03 bits per heavy atom. The van der Waals surface area contributed by atoms with E-state index in [1.165, 1.54) is 0 Å². The van der Waals surface area contributed by atoms with E-state index in [4.69, 9.17) is 4.74 Å². The summed E-state index contributed by atoms with van der Waals surface area (Å²) >= 11 is 0. The first kappa shape index (κ1) is 22.3. The Morgan fingerprint density at radius 3 is 2.57 bits per heavy atom. The third-order valence-corrected chi connectivity index (χ3v) is 5.97. The Balaban J connectivity index is 1.56. The fourth-order valence-corrected chi connectivity index (χ4v) is 4.11. The smallest absolute Gasteiger partial charge is 0.225 e. The molecule has 7 nitrogen and oxygen atoms in total. The summed E-state index contributed by atoms with van der Waals surface area (Å²) < 4.78 is 5.37. The van der Waals surface area contributed by atoms with Gasteiger partial charge in [0.15, 0.2) is 0 Å². The minimum Gasteiger partial charge on any atom is -0.381 e. The zero-order valence-corrected chi connectivity index (χ0v) is 17.6. The van der Waals surface area contributed by atoms with Gasteiger partial charge in [-0.15, -0.1) is 0 Å². The summed E-state index contributed by atoms with van der Waals surface area (Å²) in [4.78, 5) is 39.7. The molecule has 7 heteroatoms. The number of amides is 3. The number of carbonyl (C=O) groups excluding carboxylic acids is 3. The molecule has 1 atom stereocenters. The Labute approximate surface area is 178 Å². The molecule has 2 aliphatic heterocycles. The molecule has 0 bridgehead atoms. The molecule has 3 rings (SSSR count). The molecule has 2 heterocycles. The zero-order chi connectivity index (χ0) is 21.2. The van der Waals surface area contributed by atoms with E-state index in [1.807, 2.05) is 35.2 Å². The topological polar surface area (TPSA) is 87.7 Å². The fraction of sp³-hybridized carbons (Fsp3) is 0.609. The lowest BCUT2D eigenvalue weighted by Crippen LogP contribution is -2.41. The quantitative estimate of drug-likeness (QED) is 0.786. The third kappa shape index (κ3) is 6.83. The van der Waals surface area contributed by atoms with Crippen molar-refractivity contribution in [2.24, 2.45) is 11.8 Å². The molecule has 1 aromatic carbocycles. The highest BCUT2D eigenvalue weighted by Crippen LogP contribution is 2.20. The number of hydrogen-bond donors (Lipinski definition) is 2. The molecule has 2 aliphatic rings. The fourth-order valence-electron chi connectivity index (χ4n) is 4.11. The maximum Gasteiger partial charge on any atom is 0.225 e. The van der Waals surface area contributed by atoms with E-state index < -0.39 is 0 Å². The molecule has 1 unspecified atom stereocenters. The summed E-state index contributed by atoms with van der Waals surface area (Å²) in [5, 5.41) is 5.92. The van der Waals surface area contributed by atoms with Crippen molar-refractivity contribution < 1.29 is 19.1 Å². The number of benzene rings is 1. The lowest BCUT2D eigenvalue weighted by Gasteiger charge is -2.29. The lowest BCUT2D eigenvalue weighted by molar-refractivity contribution is -0.139. The average Bonchev–Trinajstić information content (AvgIpc) is 2.83. The summed E-state index contributed by atoms with van der Waals surface area (Å²) in [6, 6.07) is 9.82. The van der Waals surface area contributed by atoms with Crippen LogP contribution in [0.5, 0.6) is 0 Å². The molecular weight excluding hydrogens is 382 g/mol. The van der Waals surface area contributed by atoms with Crippen LogP contribution in [0.3, 0.4) is 0 Å². The molecular formula is C23H33N3O4. The van der Waals surface area contributed by atoms with E-state index in [2.05, 4.69) is 10.6 Å². The molecule has 30 heavy (non-hydrogen) atoms. The van der Waals surface area contributed by atoms with E-state index in [0.29, 0.717) is 58.7 Å². The average molecular weight is 416 g/mol. The molecule has 2 fully saturated rings. The van der Waals surface area contributed by atoms with Crippen LogP contribution in [-0.4, -0.2) is 55.5 Å². The van der Waals surface area contributed by atoms with Crippen molar-refractivity contribution in [3.8, 4) is 0 Å². The number of nitrogens with one attached hydrogen (secondary N) is 2. The van der Waals surface area contributed by atoms with Crippen LogP contribution in [0.1, 0.15) is 44.1 Å². The van der Waals surface area contributed by atoms with Crippen molar-refractivity contribution in [3.63, 3.8) is 0 Å². The minimum absolute atomic E-state index is 0.00894. The maximum absolute atomic E-state index is 12.9. The number of rotatable bonds is 4. The SMILES string of the molecule is O=C1CCN(C(=O)C2CCOCC2)CCCC(C(=O)NCc2ccccc2)CCN1. The van der Waals surface area contributed by atoms with Crippen LogP contribution in [0, 0.1) is 11.8 Å². The van der Waals surface area contributed by atoms with Crippen LogP contribution in [-0.2, 0) is 25.7 Å². The maximum atomic E-state index is 12.9. The van der Waals surface area contributed by atoms with Gasteiger partial charge in [0.2, 0.25) is 17.7 Å². The normalized spacial score (nSPS) is 21.9. The Hall–Kier alpha value is -2.41. The predicted octanol–water partition coefficient (Wildman–Crippen LogP) is 1.86. The van der Waals surface area contributed by atoms with Gasteiger partial charge in [0, 0.05) is 57.6 Å². The van der Waals surface area contributed by atoms with E-state index in [-0.39, 0.29) is 29.6 Å². The van der Waals surface area contributed by atoms with Gasteiger partial charge in [0.05, 0.1) is 0 Å². The second-order valence-electron chi connectivity index (χ2n) is 8.14. The summed E-state index contributed by atoms with van der Waals surface area (Å²) in [6.07, 6.45) is 3.86. The highest BCUT2D eigenvalue weighted by molar-refractivity contribution is 5.81. The van der Waals surface area contributed by atoms with Crippen molar-refractivity contribution in [1.82, 2.24) is 15.5 Å². The summed E-state index contributed by atoms with van der Waals surface area (Å²) in [5.74, 6) is -0.126. The Kier molecular flexibility index (Phi) is 8.68. The van der Waals surface area contributed by atoms with Gasteiger partial charge in [-0.05, 0) is 37.7 Å². The molecule has 0 radical (unpaired) electrons. The largest absolute Gasteiger partial charge is 0.381 e. The standard InChI is InChI=1S/C23H33N3O4/c27-21-9-14-26(23(29)20-10-15-30-16-11-20)13-4-7-19(8-12-24-21)22(28)25-17-18-5-2-1-3-6-18/h1-3,5-6,19-20H,4,7-17H2,(H,24,27)(H,25,28). The first-order chi connectivity index (χ1) is 14.6. The van der Waals surface area contributed by atoms with Crippen LogP contribution < -0.4 is 10.6 Å². The van der Waals surface area contributed by atoms with Crippen molar-refractivity contribution >= 4 is 17.7 Å². The van der Waals surface area contributed by atoms with Crippen LogP contribution in [0.25, 0.3) is 0 Å². The van der Waals surface area contributed by atoms with Crippen LogP contribution in [0.15, 0.2) is 30.3 Å². The number of nitrogens with zero attached hydrogens (tertiary/aromatic N) is 1. The van der Waals surface area contributed by atoms with E-state index in [0.717, 1.165) is 24.8 Å². The van der Waals surface area contributed by atoms with Crippen molar-refractivity contribution in [1.29, 1.82) is 0 Å². The minimum atomic E-state index is -0.174. The molecule has 1 aromatic rings.